The summed E-state index contributed by atoms with van der Waals surface area (Å²) < 4.78 is 0. The molecule has 0 aliphatic carbocycles. The van der Waals surface area contributed by atoms with Crippen LogP contribution in [0.25, 0.3) is 0 Å². The highest BCUT2D eigenvalue weighted by atomic mass is 16.4. The maximum Gasteiger partial charge on any atom is 0.323 e. The summed E-state index contributed by atoms with van der Waals surface area (Å²) >= 11 is 0. The van der Waals surface area contributed by atoms with E-state index in [1.165, 1.54) is 16.7 Å². The summed E-state index contributed by atoms with van der Waals surface area (Å²) in [6.07, 6.45) is 2.33. The molecular formula is C16H25NO2. The fourth-order valence-corrected chi connectivity index (χ4v) is 2.31. The number of carboxylic acids is 1. The number of benzene rings is 1. The number of nitrogens with two attached hydrogens (primary N) is 1. The van der Waals surface area contributed by atoms with E-state index in [1.54, 1.807) is 6.92 Å². The zero-order valence-electron chi connectivity index (χ0n) is 12.4. The summed E-state index contributed by atoms with van der Waals surface area (Å²) in [6, 6.07) is 6.43. The Balaban J connectivity index is 2.77. The average molecular weight is 263 g/mol. The number of aliphatic carboxylic acids is 1. The molecule has 1 aromatic rings. The molecule has 0 heterocycles. The predicted octanol–water partition coefficient (Wildman–Crippen LogP) is 3.06. The minimum absolute atomic E-state index is 0.299. The van der Waals surface area contributed by atoms with Crippen molar-refractivity contribution >= 4 is 5.97 Å². The fourth-order valence-electron chi connectivity index (χ4n) is 2.31. The van der Waals surface area contributed by atoms with Crippen LogP contribution in [0.4, 0.5) is 0 Å². The van der Waals surface area contributed by atoms with Crippen molar-refractivity contribution in [1.29, 1.82) is 0 Å². The molecule has 2 unspecified atom stereocenters. The second-order valence-electron chi connectivity index (χ2n) is 5.82. The van der Waals surface area contributed by atoms with Crippen molar-refractivity contribution < 1.29 is 9.90 Å². The molecule has 0 radical (unpaired) electrons. The molecule has 0 amide bonds. The fraction of sp³-hybridized carbons (Fsp3) is 0.562. The Morgan fingerprint density at radius 1 is 1.37 bits per heavy atom. The van der Waals surface area contributed by atoms with Crippen molar-refractivity contribution in [2.24, 2.45) is 11.7 Å². The van der Waals surface area contributed by atoms with Crippen molar-refractivity contribution in [2.75, 3.05) is 0 Å². The number of rotatable bonds is 6. The van der Waals surface area contributed by atoms with Crippen molar-refractivity contribution in [2.45, 2.75) is 52.5 Å². The van der Waals surface area contributed by atoms with Gasteiger partial charge >= 0.3 is 5.97 Å². The Morgan fingerprint density at radius 2 is 2.00 bits per heavy atom. The highest BCUT2D eigenvalue weighted by Gasteiger charge is 2.30. The summed E-state index contributed by atoms with van der Waals surface area (Å²) in [5, 5.41) is 9.11. The quantitative estimate of drug-likeness (QED) is 0.829. The Morgan fingerprint density at radius 3 is 2.47 bits per heavy atom. The first kappa shape index (κ1) is 15.7. The van der Waals surface area contributed by atoms with Crippen LogP contribution in [0.15, 0.2) is 18.2 Å². The van der Waals surface area contributed by atoms with Gasteiger partial charge in [-0.2, -0.15) is 0 Å². The topological polar surface area (TPSA) is 63.3 Å². The van der Waals surface area contributed by atoms with Crippen LogP contribution in [0.3, 0.4) is 0 Å². The number of aryl methyl sites for hydroxylation is 2. The molecule has 106 valence electrons. The van der Waals surface area contributed by atoms with Crippen LogP contribution in [0.1, 0.15) is 43.4 Å². The number of carboxylic acid groups (broad SMARTS) is 1. The molecule has 1 rings (SSSR count). The summed E-state index contributed by atoms with van der Waals surface area (Å²) in [4.78, 5) is 11.1. The van der Waals surface area contributed by atoms with Crippen molar-refractivity contribution in [3.8, 4) is 0 Å². The molecule has 0 aliphatic rings. The molecular weight excluding hydrogens is 238 g/mol. The van der Waals surface area contributed by atoms with E-state index in [2.05, 4.69) is 39.0 Å². The van der Waals surface area contributed by atoms with Crippen LogP contribution in [0, 0.1) is 19.8 Å². The first-order chi connectivity index (χ1) is 8.76. The van der Waals surface area contributed by atoms with E-state index in [1.807, 2.05) is 0 Å². The SMILES string of the molecule is CCC(Cc1ccc(C)c(C)c1)CC(C)(N)C(=O)O. The molecule has 0 spiro atoms. The Bertz CT molecular complexity index is 452. The minimum atomic E-state index is -1.14. The van der Waals surface area contributed by atoms with Gasteiger partial charge in [0.1, 0.15) is 5.54 Å². The molecule has 3 nitrogen and oxygen atoms in total. The van der Waals surface area contributed by atoms with Crippen LogP contribution in [0.5, 0.6) is 0 Å². The van der Waals surface area contributed by atoms with Gasteiger partial charge in [0.25, 0.3) is 0 Å². The number of hydrogen-bond donors (Lipinski definition) is 2. The lowest BCUT2D eigenvalue weighted by atomic mass is 9.84. The van der Waals surface area contributed by atoms with Gasteiger partial charge in [-0.1, -0.05) is 31.5 Å². The monoisotopic (exact) mass is 263 g/mol. The Labute approximate surface area is 115 Å². The van der Waals surface area contributed by atoms with Gasteiger partial charge in [-0.3, -0.25) is 4.79 Å². The van der Waals surface area contributed by atoms with Gasteiger partial charge < -0.3 is 10.8 Å². The molecule has 3 N–H and O–H groups in total. The highest BCUT2D eigenvalue weighted by Crippen LogP contribution is 2.23. The standard InChI is InChI=1S/C16H25NO2/c1-5-13(10-16(4,17)15(18)19)9-14-7-6-11(2)12(3)8-14/h6-8,13H,5,9-10,17H2,1-4H3,(H,18,19). The zero-order chi connectivity index (χ0) is 14.6. The number of carbonyl (C=O) groups is 1. The predicted molar refractivity (Wildman–Crippen MR) is 78.2 cm³/mol. The van der Waals surface area contributed by atoms with Crippen LogP contribution < -0.4 is 5.73 Å². The molecule has 19 heavy (non-hydrogen) atoms. The molecule has 0 saturated carbocycles. The van der Waals surface area contributed by atoms with E-state index < -0.39 is 11.5 Å². The maximum atomic E-state index is 11.1. The largest absolute Gasteiger partial charge is 0.480 e. The first-order valence-corrected chi connectivity index (χ1v) is 6.84. The molecule has 0 aromatic heterocycles. The van der Waals surface area contributed by atoms with Gasteiger partial charge in [-0.05, 0) is 56.2 Å². The molecule has 0 saturated heterocycles. The summed E-state index contributed by atoms with van der Waals surface area (Å²) in [7, 11) is 0. The van der Waals surface area contributed by atoms with E-state index in [0.717, 1.165) is 12.8 Å². The smallest absolute Gasteiger partial charge is 0.323 e. The third kappa shape index (κ3) is 4.35. The Hall–Kier alpha value is -1.35. The molecule has 1 aromatic carbocycles. The first-order valence-electron chi connectivity index (χ1n) is 6.84. The van der Waals surface area contributed by atoms with Gasteiger partial charge in [0.15, 0.2) is 0 Å². The van der Waals surface area contributed by atoms with Crippen molar-refractivity contribution in [1.82, 2.24) is 0 Å². The van der Waals surface area contributed by atoms with Gasteiger partial charge in [0, 0.05) is 0 Å². The van der Waals surface area contributed by atoms with Crippen LogP contribution >= 0.6 is 0 Å². The lowest BCUT2D eigenvalue weighted by molar-refractivity contribution is -0.143. The Kier molecular flexibility index (Phi) is 5.12. The van der Waals surface area contributed by atoms with E-state index in [-0.39, 0.29) is 0 Å². The van der Waals surface area contributed by atoms with Crippen LogP contribution in [-0.4, -0.2) is 16.6 Å². The van der Waals surface area contributed by atoms with E-state index in [4.69, 9.17) is 10.8 Å². The van der Waals surface area contributed by atoms with Crippen LogP contribution in [0.2, 0.25) is 0 Å². The van der Waals surface area contributed by atoms with Gasteiger partial charge in [-0.15, -0.1) is 0 Å². The minimum Gasteiger partial charge on any atom is -0.480 e. The zero-order valence-corrected chi connectivity index (χ0v) is 12.4. The van der Waals surface area contributed by atoms with Crippen molar-refractivity contribution in [3.63, 3.8) is 0 Å². The third-order valence-corrected chi connectivity index (χ3v) is 3.87. The molecule has 0 bridgehead atoms. The van der Waals surface area contributed by atoms with Gasteiger partial charge in [0.2, 0.25) is 0 Å². The molecule has 3 heteroatoms. The normalized spacial score (nSPS) is 15.8. The van der Waals surface area contributed by atoms with Crippen LogP contribution in [-0.2, 0) is 11.2 Å². The van der Waals surface area contributed by atoms with E-state index in [0.29, 0.717) is 12.3 Å². The summed E-state index contributed by atoms with van der Waals surface area (Å²) in [5.41, 5.74) is 8.53. The lowest BCUT2D eigenvalue weighted by Crippen LogP contribution is -2.46. The molecule has 0 fully saturated rings. The summed E-state index contributed by atoms with van der Waals surface area (Å²) in [6.45, 7) is 7.88. The van der Waals surface area contributed by atoms with Gasteiger partial charge in [-0.25, -0.2) is 0 Å². The molecule has 2 atom stereocenters. The highest BCUT2D eigenvalue weighted by molar-refractivity contribution is 5.77. The lowest BCUT2D eigenvalue weighted by Gasteiger charge is -2.25. The van der Waals surface area contributed by atoms with E-state index in [9.17, 15) is 4.79 Å². The average Bonchev–Trinajstić information content (AvgIpc) is 2.32. The van der Waals surface area contributed by atoms with Gasteiger partial charge in [0.05, 0.1) is 0 Å². The third-order valence-electron chi connectivity index (χ3n) is 3.87. The second kappa shape index (κ2) is 6.20. The summed E-state index contributed by atoms with van der Waals surface area (Å²) in [5.74, 6) is -0.626. The number of hydrogen-bond acceptors (Lipinski definition) is 2. The maximum absolute atomic E-state index is 11.1. The molecule has 0 aliphatic heterocycles. The van der Waals surface area contributed by atoms with E-state index >= 15 is 0 Å². The second-order valence-corrected chi connectivity index (χ2v) is 5.82. The van der Waals surface area contributed by atoms with Crippen molar-refractivity contribution in [3.05, 3.63) is 34.9 Å².